The number of hydrogen-bond donors (Lipinski definition) is 1. The maximum atomic E-state index is 10.9. The standard InChI is InChI=1S/C11H14N4O2/c1-7-4-9(14(3)13-7)6-15-8(2)10(5-12-15)11(16)17/h4-5H,6H2,1-3H3,(H,16,17). The molecule has 6 nitrogen and oxygen atoms in total. The fraction of sp³-hybridized carbons (Fsp3) is 0.364. The van der Waals surface area contributed by atoms with Gasteiger partial charge < -0.3 is 5.11 Å². The van der Waals surface area contributed by atoms with Crippen LogP contribution in [0.4, 0.5) is 0 Å². The van der Waals surface area contributed by atoms with E-state index < -0.39 is 5.97 Å². The fourth-order valence-electron chi connectivity index (χ4n) is 1.78. The minimum absolute atomic E-state index is 0.240. The lowest BCUT2D eigenvalue weighted by Crippen LogP contribution is -2.09. The molecule has 0 unspecified atom stereocenters. The Morgan fingerprint density at radius 1 is 1.47 bits per heavy atom. The normalized spacial score (nSPS) is 10.8. The molecule has 0 saturated heterocycles. The summed E-state index contributed by atoms with van der Waals surface area (Å²) in [5, 5.41) is 17.2. The molecule has 1 N–H and O–H groups in total. The Morgan fingerprint density at radius 3 is 2.65 bits per heavy atom. The summed E-state index contributed by atoms with van der Waals surface area (Å²) >= 11 is 0. The molecule has 17 heavy (non-hydrogen) atoms. The zero-order chi connectivity index (χ0) is 12.6. The number of nitrogens with zero attached hydrogens (tertiary/aromatic N) is 4. The SMILES string of the molecule is Cc1cc(Cn2ncc(C(=O)O)c2C)n(C)n1. The Kier molecular flexibility index (Phi) is 2.71. The smallest absolute Gasteiger partial charge is 0.339 e. The van der Waals surface area contributed by atoms with Gasteiger partial charge >= 0.3 is 5.97 Å². The quantitative estimate of drug-likeness (QED) is 0.859. The van der Waals surface area contributed by atoms with Crippen molar-refractivity contribution in [3.8, 4) is 0 Å². The summed E-state index contributed by atoms with van der Waals surface area (Å²) in [6.07, 6.45) is 1.38. The topological polar surface area (TPSA) is 72.9 Å². The summed E-state index contributed by atoms with van der Waals surface area (Å²) < 4.78 is 3.44. The van der Waals surface area contributed by atoms with E-state index >= 15 is 0 Å². The van der Waals surface area contributed by atoms with Crippen LogP contribution in [0.1, 0.15) is 27.4 Å². The number of aromatic nitrogens is 4. The molecule has 0 aliphatic carbocycles. The van der Waals surface area contributed by atoms with Crippen molar-refractivity contribution in [2.45, 2.75) is 20.4 Å². The minimum atomic E-state index is -0.949. The summed E-state index contributed by atoms with van der Waals surface area (Å²) in [7, 11) is 1.86. The van der Waals surface area contributed by atoms with Gasteiger partial charge in [-0.15, -0.1) is 0 Å². The Hall–Kier alpha value is -2.11. The van der Waals surface area contributed by atoms with Crippen molar-refractivity contribution >= 4 is 5.97 Å². The predicted molar refractivity (Wildman–Crippen MR) is 61.0 cm³/mol. The molecule has 0 spiro atoms. The molecule has 0 aromatic carbocycles. The van der Waals surface area contributed by atoms with Crippen LogP contribution < -0.4 is 0 Å². The number of aryl methyl sites for hydroxylation is 2. The van der Waals surface area contributed by atoms with Gasteiger partial charge in [-0.1, -0.05) is 0 Å². The molecule has 0 bridgehead atoms. The molecular formula is C11H14N4O2. The molecule has 0 aliphatic rings. The highest BCUT2D eigenvalue weighted by Gasteiger charge is 2.13. The zero-order valence-electron chi connectivity index (χ0n) is 10.0. The highest BCUT2D eigenvalue weighted by molar-refractivity contribution is 5.88. The molecule has 0 amide bonds. The lowest BCUT2D eigenvalue weighted by molar-refractivity contribution is 0.0696. The van der Waals surface area contributed by atoms with Crippen LogP contribution in [0.5, 0.6) is 0 Å². The van der Waals surface area contributed by atoms with Crippen LogP contribution in [0, 0.1) is 13.8 Å². The van der Waals surface area contributed by atoms with Crippen molar-refractivity contribution in [3.05, 3.63) is 34.9 Å². The molecule has 2 heterocycles. The van der Waals surface area contributed by atoms with Crippen molar-refractivity contribution in [1.82, 2.24) is 19.6 Å². The fourth-order valence-corrected chi connectivity index (χ4v) is 1.78. The predicted octanol–water partition coefficient (Wildman–Crippen LogP) is 0.980. The van der Waals surface area contributed by atoms with E-state index in [0.29, 0.717) is 12.2 Å². The highest BCUT2D eigenvalue weighted by atomic mass is 16.4. The van der Waals surface area contributed by atoms with Crippen molar-refractivity contribution in [3.63, 3.8) is 0 Å². The van der Waals surface area contributed by atoms with E-state index in [4.69, 9.17) is 5.11 Å². The third-order valence-electron chi connectivity index (χ3n) is 2.74. The Balaban J connectivity index is 2.31. The first kappa shape index (κ1) is 11.4. The van der Waals surface area contributed by atoms with Gasteiger partial charge in [0, 0.05) is 7.05 Å². The van der Waals surface area contributed by atoms with E-state index in [9.17, 15) is 4.79 Å². The molecule has 6 heteroatoms. The van der Waals surface area contributed by atoms with E-state index in [2.05, 4.69) is 10.2 Å². The Bertz CT molecular complexity index is 568. The summed E-state index contributed by atoms with van der Waals surface area (Å²) in [4.78, 5) is 10.9. The summed E-state index contributed by atoms with van der Waals surface area (Å²) in [6, 6.07) is 1.96. The Morgan fingerprint density at radius 2 is 2.18 bits per heavy atom. The first-order valence-corrected chi connectivity index (χ1v) is 5.24. The number of carbonyl (C=O) groups is 1. The van der Waals surface area contributed by atoms with Gasteiger partial charge in [-0.2, -0.15) is 10.2 Å². The molecular weight excluding hydrogens is 220 g/mol. The monoisotopic (exact) mass is 234 g/mol. The molecule has 2 aromatic rings. The lowest BCUT2D eigenvalue weighted by atomic mass is 10.2. The average molecular weight is 234 g/mol. The number of aromatic carboxylic acids is 1. The van der Waals surface area contributed by atoms with Crippen molar-refractivity contribution < 1.29 is 9.90 Å². The Labute approximate surface area is 98.5 Å². The minimum Gasteiger partial charge on any atom is -0.478 e. The molecule has 90 valence electrons. The van der Waals surface area contributed by atoms with Crippen LogP contribution in [0.25, 0.3) is 0 Å². The van der Waals surface area contributed by atoms with Crippen molar-refractivity contribution in [2.75, 3.05) is 0 Å². The van der Waals surface area contributed by atoms with Crippen LogP contribution in [0.2, 0.25) is 0 Å². The second-order valence-electron chi connectivity index (χ2n) is 4.01. The lowest BCUT2D eigenvalue weighted by Gasteiger charge is -2.04. The molecule has 2 aromatic heterocycles. The maximum Gasteiger partial charge on any atom is 0.339 e. The molecule has 0 radical (unpaired) electrons. The van der Waals surface area contributed by atoms with Gasteiger partial charge in [0.2, 0.25) is 0 Å². The molecule has 0 saturated carbocycles. The molecule has 2 rings (SSSR count). The van der Waals surface area contributed by atoms with Crippen molar-refractivity contribution in [1.29, 1.82) is 0 Å². The van der Waals surface area contributed by atoms with E-state index in [1.54, 1.807) is 16.3 Å². The number of carboxylic acids is 1. The van der Waals surface area contributed by atoms with Crippen LogP contribution in [-0.2, 0) is 13.6 Å². The third-order valence-corrected chi connectivity index (χ3v) is 2.74. The van der Waals surface area contributed by atoms with E-state index in [1.807, 2.05) is 20.0 Å². The summed E-state index contributed by atoms with van der Waals surface area (Å²) in [5.41, 5.74) is 2.82. The van der Waals surface area contributed by atoms with Crippen LogP contribution in [-0.4, -0.2) is 30.6 Å². The van der Waals surface area contributed by atoms with Crippen LogP contribution in [0.3, 0.4) is 0 Å². The first-order chi connectivity index (χ1) is 7.99. The summed E-state index contributed by atoms with van der Waals surface area (Å²) in [6.45, 7) is 4.19. The second kappa shape index (κ2) is 4.04. The van der Waals surface area contributed by atoms with Gasteiger partial charge in [0.25, 0.3) is 0 Å². The van der Waals surface area contributed by atoms with E-state index in [1.165, 1.54) is 6.20 Å². The maximum absolute atomic E-state index is 10.9. The van der Waals surface area contributed by atoms with Gasteiger partial charge in [0.1, 0.15) is 5.56 Å². The molecule has 0 aliphatic heterocycles. The van der Waals surface area contributed by atoms with Gasteiger partial charge in [0.15, 0.2) is 0 Å². The number of rotatable bonds is 3. The van der Waals surface area contributed by atoms with E-state index in [0.717, 1.165) is 11.4 Å². The van der Waals surface area contributed by atoms with E-state index in [-0.39, 0.29) is 5.56 Å². The second-order valence-corrected chi connectivity index (χ2v) is 4.01. The zero-order valence-corrected chi connectivity index (χ0v) is 10.0. The number of hydrogen-bond acceptors (Lipinski definition) is 3. The highest BCUT2D eigenvalue weighted by Crippen LogP contribution is 2.10. The summed E-state index contributed by atoms with van der Waals surface area (Å²) in [5.74, 6) is -0.949. The van der Waals surface area contributed by atoms with Crippen molar-refractivity contribution in [2.24, 2.45) is 7.05 Å². The van der Waals surface area contributed by atoms with Crippen LogP contribution >= 0.6 is 0 Å². The third kappa shape index (κ3) is 2.06. The van der Waals surface area contributed by atoms with Gasteiger partial charge in [-0.05, 0) is 19.9 Å². The van der Waals surface area contributed by atoms with Gasteiger partial charge in [-0.25, -0.2) is 4.79 Å². The first-order valence-electron chi connectivity index (χ1n) is 5.24. The molecule has 0 fully saturated rings. The molecule has 0 atom stereocenters. The van der Waals surface area contributed by atoms with Gasteiger partial charge in [0.05, 0.1) is 29.8 Å². The van der Waals surface area contributed by atoms with Crippen LogP contribution in [0.15, 0.2) is 12.3 Å². The average Bonchev–Trinajstić information content (AvgIpc) is 2.73. The largest absolute Gasteiger partial charge is 0.478 e. The van der Waals surface area contributed by atoms with Gasteiger partial charge in [-0.3, -0.25) is 9.36 Å². The number of carboxylic acid groups (broad SMARTS) is 1.